The van der Waals surface area contributed by atoms with E-state index in [9.17, 15) is 4.79 Å². The van der Waals surface area contributed by atoms with E-state index in [1.807, 2.05) is 26.0 Å². The zero-order valence-corrected chi connectivity index (χ0v) is 14.2. The summed E-state index contributed by atoms with van der Waals surface area (Å²) in [6, 6.07) is 5.98. The highest BCUT2D eigenvalue weighted by Crippen LogP contribution is 2.23. The van der Waals surface area contributed by atoms with Gasteiger partial charge in [-0.15, -0.1) is 0 Å². The molecule has 1 aromatic rings. The average Bonchev–Trinajstić information content (AvgIpc) is 2.56. The van der Waals surface area contributed by atoms with Gasteiger partial charge in [-0.05, 0) is 57.4 Å². The smallest absolute Gasteiger partial charge is 0.310 e. The quantitative estimate of drug-likeness (QED) is 0.617. The molecule has 1 atom stereocenters. The summed E-state index contributed by atoms with van der Waals surface area (Å²) in [7, 11) is 0. The summed E-state index contributed by atoms with van der Waals surface area (Å²) in [6.07, 6.45) is 2.91. The maximum absolute atomic E-state index is 11.9. The van der Waals surface area contributed by atoms with E-state index in [2.05, 4.69) is 11.0 Å². The number of benzene rings is 1. The number of esters is 1. The third kappa shape index (κ3) is 5.13. The van der Waals surface area contributed by atoms with E-state index in [1.54, 1.807) is 0 Å². The minimum atomic E-state index is -0.0532. The molecule has 5 nitrogen and oxygen atoms in total. The van der Waals surface area contributed by atoms with Gasteiger partial charge in [0.15, 0.2) is 0 Å². The van der Waals surface area contributed by atoms with Crippen LogP contribution < -0.4 is 10.5 Å². The number of carbonyl (C=O) groups excluding carboxylic acids is 1. The van der Waals surface area contributed by atoms with Crippen molar-refractivity contribution in [1.82, 2.24) is 4.90 Å². The summed E-state index contributed by atoms with van der Waals surface area (Å²) < 4.78 is 10.6. The van der Waals surface area contributed by atoms with Gasteiger partial charge in [-0.1, -0.05) is 6.07 Å². The summed E-state index contributed by atoms with van der Waals surface area (Å²) >= 11 is 0. The second kappa shape index (κ2) is 8.77. The van der Waals surface area contributed by atoms with Crippen LogP contribution in [-0.4, -0.2) is 43.7 Å². The number of anilines is 1. The fraction of sp³-hybridized carbons (Fsp3) is 0.611. The highest BCUT2D eigenvalue weighted by Gasteiger charge is 2.26. The summed E-state index contributed by atoms with van der Waals surface area (Å²) in [4.78, 5) is 14.2. The molecule has 0 saturated carbocycles. The number of nitrogen functional groups attached to an aromatic ring is 1. The number of nitrogens with two attached hydrogens (primary N) is 1. The second-order valence-corrected chi connectivity index (χ2v) is 5.95. The molecule has 0 radical (unpaired) electrons. The third-order valence-corrected chi connectivity index (χ3v) is 4.22. The molecule has 2 rings (SSSR count). The normalized spacial score (nSPS) is 18.6. The van der Waals surface area contributed by atoms with Crippen LogP contribution in [0.4, 0.5) is 5.69 Å². The van der Waals surface area contributed by atoms with Crippen LogP contribution in [0.2, 0.25) is 0 Å². The molecular formula is C18H28N2O3. The Morgan fingerprint density at radius 1 is 1.35 bits per heavy atom. The number of piperidine rings is 1. The van der Waals surface area contributed by atoms with Crippen LogP contribution in [0.25, 0.3) is 0 Å². The predicted octanol–water partition coefficient (Wildman–Crippen LogP) is 2.49. The van der Waals surface area contributed by atoms with Crippen LogP contribution >= 0.6 is 0 Å². The van der Waals surface area contributed by atoms with Crippen molar-refractivity contribution >= 4 is 11.7 Å². The van der Waals surface area contributed by atoms with Gasteiger partial charge in [0, 0.05) is 13.1 Å². The molecule has 0 amide bonds. The first kappa shape index (κ1) is 17.6. The van der Waals surface area contributed by atoms with Crippen molar-refractivity contribution in [2.75, 3.05) is 38.6 Å². The number of hydrogen-bond donors (Lipinski definition) is 1. The molecule has 23 heavy (non-hydrogen) atoms. The SMILES string of the molecule is CCOC(=O)C1CCCN(CCc2ccc(OCC)c(N)c2)C1. The summed E-state index contributed by atoms with van der Waals surface area (Å²) in [5, 5.41) is 0. The molecule has 1 unspecified atom stereocenters. The van der Waals surface area contributed by atoms with Crippen molar-refractivity contribution in [2.45, 2.75) is 33.1 Å². The average molecular weight is 320 g/mol. The first-order chi connectivity index (χ1) is 11.1. The molecule has 1 fully saturated rings. The van der Waals surface area contributed by atoms with Gasteiger partial charge in [-0.3, -0.25) is 4.79 Å². The lowest BCUT2D eigenvalue weighted by Crippen LogP contribution is -2.40. The van der Waals surface area contributed by atoms with Gasteiger partial charge in [0.2, 0.25) is 0 Å². The van der Waals surface area contributed by atoms with Gasteiger partial charge in [0.05, 0.1) is 24.8 Å². The maximum Gasteiger partial charge on any atom is 0.310 e. The van der Waals surface area contributed by atoms with E-state index in [1.165, 1.54) is 5.56 Å². The molecule has 0 spiro atoms. The molecule has 0 aromatic heterocycles. The first-order valence-electron chi connectivity index (χ1n) is 8.54. The Bertz CT molecular complexity index is 519. The largest absolute Gasteiger partial charge is 0.492 e. The summed E-state index contributed by atoms with van der Waals surface area (Å²) in [6.45, 7) is 7.66. The van der Waals surface area contributed by atoms with Crippen molar-refractivity contribution in [1.29, 1.82) is 0 Å². The standard InChI is InChI=1S/C18H28N2O3/c1-3-22-17-8-7-14(12-16(17)19)9-11-20-10-5-6-15(13-20)18(21)23-4-2/h7-8,12,15H,3-6,9-11,13,19H2,1-2H3. The molecule has 1 aliphatic rings. The minimum absolute atomic E-state index is 0.0223. The highest BCUT2D eigenvalue weighted by molar-refractivity contribution is 5.72. The number of carbonyl (C=O) groups is 1. The lowest BCUT2D eigenvalue weighted by Gasteiger charge is -2.31. The van der Waals surface area contributed by atoms with E-state index < -0.39 is 0 Å². The third-order valence-electron chi connectivity index (χ3n) is 4.22. The molecule has 128 valence electrons. The number of ether oxygens (including phenoxy) is 2. The molecule has 2 N–H and O–H groups in total. The minimum Gasteiger partial charge on any atom is -0.492 e. The molecular weight excluding hydrogens is 292 g/mol. The molecule has 0 bridgehead atoms. The van der Waals surface area contributed by atoms with Crippen LogP contribution in [0.3, 0.4) is 0 Å². The van der Waals surface area contributed by atoms with Gasteiger partial charge >= 0.3 is 5.97 Å². The fourth-order valence-corrected chi connectivity index (χ4v) is 3.04. The monoisotopic (exact) mass is 320 g/mol. The van der Waals surface area contributed by atoms with Gasteiger partial charge < -0.3 is 20.1 Å². The number of hydrogen-bond acceptors (Lipinski definition) is 5. The van der Waals surface area contributed by atoms with E-state index in [-0.39, 0.29) is 11.9 Å². The van der Waals surface area contributed by atoms with Crippen LogP contribution in [0.15, 0.2) is 18.2 Å². The van der Waals surface area contributed by atoms with Gasteiger partial charge in [0.1, 0.15) is 5.75 Å². The Labute approximate surface area is 138 Å². The maximum atomic E-state index is 11.9. The Kier molecular flexibility index (Phi) is 6.71. The van der Waals surface area contributed by atoms with E-state index in [4.69, 9.17) is 15.2 Å². The van der Waals surface area contributed by atoms with Crippen LogP contribution in [-0.2, 0) is 16.0 Å². The van der Waals surface area contributed by atoms with Crippen LogP contribution in [0.5, 0.6) is 5.75 Å². The summed E-state index contributed by atoms with van der Waals surface area (Å²) in [5.41, 5.74) is 7.90. The van der Waals surface area contributed by atoms with Crippen molar-refractivity contribution in [3.05, 3.63) is 23.8 Å². The van der Waals surface area contributed by atoms with Crippen molar-refractivity contribution in [3.8, 4) is 5.75 Å². The number of rotatable bonds is 7. The lowest BCUT2D eigenvalue weighted by atomic mass is 9.97. The summed E-state index contributed by atoms with van der Waals surface area (Å²) in [5.74, 6) is 0.716. The zero-order chi connectivity index (χ0) is 16.7. The molecule has 5 heteroatoms. The van der Waals surface area contributed by atoms with Crippen LogP contribution in [0.1, 0.15) is 32.3 Å². The van der Waals surface area contributed by atoms with Crippen molar-refractivity contribution < 1.29 is 14.3 Å². The van der Waals surface area contributed by atoms with Crippen molar-refractivity contribution in [2.24, 2.45) is 5.92 Å². The Morgan fingerprint density at radius 2 is 2.17 bits per heavy atom. The van der Waals surface area contributed by atoms with Gasteiger partial charge in [0.25, 0.3) is 0 Å². The van der Waals surface area contributed by atoms with E-state index >= 15 is 0 Å². The van der Waals surface area contributed by atoms with Crippen molar-refractivity contribution in [3.63, 3.8) is 0 Å². The number of nitrogens with zero attached hydrogens (tertiary/aromatic N) is 1. The van der Waals surface area contributed by atoms with Gasteiger partial charge in [-0.2, -0.15) is 0 Å². The van der Waals surface area contributed by atoms with E-state index in [0.29, 0.717) is 18.9 Å². The molecule has 0 aliphatic carbocycles. The number of likely N-dealkylation sites (tertiary alicyclic amines) is 1. The molecule has 1 heterocycles. The Balaban J connectivity index is 1.85. The Hall–Kier alpha value is -1.75. The highest BCUT2D eigenvalue weighted by atomic mass is 16.5. The predicted molar refractivity (Wildman–Crippen MR) is 91.5 cm³/mol. The van der Waals surface area contributed by atoms with Gasteiger partial charge in [-0.25, -0.2) is 0 Å². The first-order valence-corrected chi connectivity index (χ1v) is 8.54. The fourth-order valence-electron chi connectivity index (χ4n) is 3.04. The topological polar surface area (TPSA) is 64.8 Å². The molecule has 1 saturated heterocycles. The molecule has 1 aliphatic heterocycles. The second-order valence-electron chi connectivity index (χ2n) is 5.95. The molecule has 1 aromatic carbocycles. The zero-order valence-electron chi connectivity index (χ0n) is 14.2. The van der Waals surface area contributed by atoms with Crippen LogP contribution in [0, 0.1) is 5.92 Å². The van der Waals surface area contributed by atoms with E-state index in [0.717, 1.165) is 44.6 Å². The Morgan fingerprint density at radius 3 is 2.87 bits per heavy atom. The lowest BCUT2D eigenvalue weighted by molar-refractivity contribution is -0.149.